The number of aliphatic hydroxyl groups is 1. The van der Waals surface area contributed by atoms with E-state index in [0.717, 1.165) is 12.8 Å². The topological polar surface area (TPSA) is 110 Å². The van der Waals surface area contributed by atoms with Crippen LogP contribution in [0.5, 0.6) is 0 Å². The zero-order valence-electron chi connectivity index (χ0n) is 20.5. The molecule has 0 heterocycles. The number of fused-ring (bicyclic) bond motifs is 1. The van der Waals surface area contributed by atoms with Crippen LogP contribution >= 0.6 is 0 Å². The van der Waals surface area contributed by atoms with Crippen LogP contribution in [-0.4, -0.2) is 46.4 Å². The van der Waals surface area contributed by atoms with Crippen LogP contribution < -0.4 is 0 Å². The molecular weight excluding hydrogens is 424 g/mol. The highest BCUT2D eigenvalue weighted by Gasteiger charge is 2.42. The number of esters is 2. The molecule has 0 bridgehead atoms. The largest absolute Gasteiger partial charge is 0.481 e. The maximum atomic E-state index is 12.6. The van der Waals surface area contributed by atoms with Gasteiger partial charge in [-0.15, -0.1) is 0 Å². The average Bonchev–Trinajstić information content (AvgIpc) is 2.71. The molecule has 0 amide bonds. The van der Waals surface area contributed by atoms with Crippen molar-refractivity contribution in [2.75, 3.05) is 0 Å². The summed E-state index contributed by atoms with van der Waals surface area (Å²) >= 11 is 0. The molecule has 0 aliphatic heterocycles. The highest BCUT2D eigenvalue weighted by Crippen LogP contribution is 2.45. The van der Waals surface area contributed by atoms with Gasteiger partial charge in [0.1, 0.15) is 12.2 Å². The normalized spacial score (nSPS) is 29.3. The lowest BCUT2D eigenvalue weighted by atomic mass is 9.65. The Kier molecular flexibility index (Phi) is 10.1. The lowest BCUT2D eigenvalue weighted by Gasteiger charge is -2.43. The van der Waals surface area contributed by atoms with Gasteiger partial charge in [0.25, 0.3) is 0 Å². The van der Waals surface area contributed by atoms with Crippen LogP contribution in [0.1, 0.15) is 73.1 Å². The zero-order valence-corrected chi connectivity index (χ0v) is 20.5. The van der Waals surface area contributed by atoms with Crippen LogP contribution in [0.15, 0.2) is 23.8 Å². The molecule has 0 saturated carbocycles. The molecule has 2 aliphatic rings. The summed E-state index contributed by atoms with van der Waals surface area (Å²) in [5.74, 6) is -1.05. The molecule has 0 saturated heterocycles. The lowest BCUT2D eigenvalue weighted by molar-refractivity contribution is -0.159. The lowest BCUT2D eigenvalue weighted by Crippen LogP contribution is -2.42. The van der Waals surface area contributed by atoms with Gasteiger partial charge in [-0.05, 0) is 49.0 Å². The van der Waals surface area contributed by atoms with E-state index in [-0.39, 0.29) is 48.6 Å². The van der Waals surface area contributed by atoms with Gasteiger partial charge in [0.05, 0.1) is 18.4 Å². The molecule has 2 N–H and O–H groups in total. The molecule has 0 aromatic heterocycles. The Labute approximate surface area is 197 Å². The van der Waals surface area contributed by atoms with Crippen molar-refractivity contribution in [2.45, 2.75) is 91.5 Å². The summed E-state index contributed by atoms with van der Waals surface area (Å²) in [7, 11) is 0. The SMILES string of the molecule is CC[C@@H](C)C(=O)O[C@H]1C[C@H](C)C=C2C=C[C@@H](C)[C@@H](CC[C@@H](C[C@H](O)CC(=O)O)OC(C)=O)[C@@H]21. The molecule has 2 rings (SSSR count). The van der Waals surface area contributed by atoms with Crippen molar-refractivity contribution >= 4 is 17.9 Å². The molecule has 0 aromatic carbocycles. The van der Waals surface area contributed by atoms with E-state index >= 15 is 0 Å². The van der Waals surface area contributed by atoms with E-state index in [1.165, 1.54) is 12.5 Å². The summed E-state index contributed by atoms with van der Waals surface area (Å²) in [5, 5.41) is 19.0. The second kappa shape index (κ2) is 12.4. The Morgan fingerprint density at radius 1 is 1.24 bits per heavy atom. The molecular formula is C26H40O7. The third-order valence-electron chi connectivity index (χ3n) is 6.98. The summed E-state index contributed by atoms with van der Waals surface area (Å²) in [6, 6.07) is 0. The number of rotatable bonds is 11. The van der Waals surface area contributed by atoms with Gasteiger partial charge < -0.3 is 19.7 Å². The van der Waals surface area contributed by atoms with Crippen molar-refractivity contribution < 1.29 is 34.1 Å². The molecule has 33 heavy (non-hydrogen) atoms. The monoisotopic (exact) mass is 464 g/mol. The van der Waals surface area contributed by atoms with Crippen molar-refractivity contribution in [1.29, 1.82) is 0 Å². The fourth-order valence-corrected chi connectivity index (χ4v) is 5.08. The standard InChI is InChI=1S/C26H40O7/c1-6-16(3)26(31)33-23-12-15(2)11-19-8-7-17(4)22(25(19)23)10-9-21(32-18(5)27)13-20(28)14-24(29)30/h7-8,11,15-17,20-23,25,28H,6,9-10,12-14H2,1-5H3,(H,29,30)/t15-,16-,17-,20+,21+,22-,23+,25-/m1/s1. The zero-order chi connectivity index (χ0) is 24.7. The molecule has 7 heteroatoms. The van der Waals surface area contributed by atoms with Crippen LogP contribution in [0.25, 0.3) is 0 Å². The number of carbonyl (C=O) groups excluding carboxylic acids is 2. The van der Waals surface area contributed by atoms with Gasteiger partial charge in [-0.1, -0.05) is 45.9 Å². The first kappa shape index (κ1) is 27.1. The molecule has 0 fully saturated rings. The van der Waals surface area contributed by atoms with Crippen molar-refractivity contribution in [3.63, 3.8) is 0 Å². The van der Waals surface area contributed by atoms with Crippen LogP contribution in [0, 0.1) is 29.6 Å². The molecule has 0 aromatic rings. The quantitative estimate of drug-likeness (QED) is 0.439. The summed E-state index contributed by atoms with van der Waals surface area (Å²) in [6.45, 7) is 9.45. The highest BCUT2D eigenvalue weighted by molar-refractivity contribution is 5.72. The third kappa shape index (κ3) is 7.98. The summed E-state index contributed by atoms with van der Waals surface area (Å²) in [5.41, 5.74) is 1.19. The first-order valence-electron chi connectivity index (χ1n) is 12.2. The van der Waals surface area contributed by atoms with E-state index in [9.17, 15) is 19.5 Å². The van der Waals surface area contributed by atoms with E-state index in [2.05, 4.69) is 32.1 Å². The molecule has 0 radical (unpaired) electrons. The van der Waals surface area contributed by atoms with Crippen molar-refractivity contribution in [3.05, 3.63) is 23.8 Å². The summed E-state index contributed by atoms with van der Waals surface area (Å²) in [4.78, 5) is 35.1. The maximum absolute atomic E-state index is 12.6. The molecule has 2 aliphatic carbocycles. The van der Waals surface area contributed by atoms with Gasteiger partial charge in [-0.3, -0.25) is 14.4 Å². The Hall–Kier alpha value is -2.15. The summed E-state index contributed by atoms with van der Waals surface area (Å²) < 4.78 is 11.4. The smallest absolute Gasteiger partial charge is 0.308 e. The minimum Gasteiger partial charge on any atom is -0.481 e. The number of allylic oxidation sites excluding steroid dienone is 3. The van der Waals surface area contributed by atoms with Crippen LogP contribution in [0.2, 0.25) is 0 Å². The fraction of sp³-hybridized carbons (Fsp3) is 0.731. The highest BCUT2D eigenvalue weighted by atomic mass is 16.5. The van der Waals surface area contributed by atoms with Gasteiger partial charge >= 0.3 is 17.9 Å². The predicted molar refractivity (Wildman–Crippen MR) is 124 cm³/mol. The number of aliphatic carboxylic acids is 1. The maximum Gasteiger partial charge on any atom is 0.308 e. The average molecular weight is 465 g/mol. The first-order valence-corrected chi connectivity index (χ1v) is 12.2. The fourth-order valence-electron chi connectivity index (χ4n) is 5.08. The van der Waals surface area contributed by atoms with Crippen LogP contribution in [0.3, 0.4) is 0 Å². The summed E-state index contributed by atoms with van der Waals surface area (Å²) in [6.07, 6.45) is 7.15. The van der Waals surface area contributed by atoms with E-state index < -0.39 is 24.1 Å². The van der Waals surface area contributed by atoms with Gasteiger partial charge in [0.2, 0.25) is 0 Å². The molecule has 186 valence electrons. The van der Waals surface area contributed by atoms with E-state index in [4.69, 9.17) is 14.6 Å². The van der Waals surface area contributed by atoms with Crippen LogP contribution in [-0.2, 0) is 23.9 Å². The van der Waals surface area contributed by atoms with Gasteiger partial charge in [-0.25, -0.2) is 0 Å². The molecule has 0 unspecified atom stereocenters. The number of carboxylic acids is 1. The van der Waals surface area contributed by atoms with Gasteiger partial charge in [-0.2, -0.15) is 0 Å². The molecule has 7 nitrogen and oxygen atoms in total. The molecule has 0 spiro atoms. The third-order valence-corrected chi connectivity index (χ3v) is 6.98. The van der Waals surface area contributed by atoms with Gasteiger partial charge in [0.15, 0.2) is 0 Å². The second-order valence-corrected chi connectivity index (χ2v) is 9.87. The Morgan fingerprint density at radius 3 is 2.55 bits per heavy atom. The first-order chi connectivity index (χ1) is 15.5. The number of carbonyl (C=O) groups is 3. The number of carboxylic acid groups (broad SMARTS) is 1. The number of aliphatic hydroxyl groups excluding tert-OH is 1. The van der Waals surface area contributed by atoms with E-state index in [1.54, 1.807) is 0 Å². The number of ether oxygens (including phenoxy) is 2. The van der Waals surface area contributed by atoms with Crippen molar-refractivity contribution in [2.24, 2.45) is 29.6 Å². The number of hydrogen-bond donors (Lipinski definition) is 2. The van der Waals surface area contributed by atoms with Crippen molar-refractivity contribution in [3.8, 4) is 0 Å². The van der Waals surface area contributed by atoms with Gasteiger partial charge in [0, 0.05) is 19.3 Å². The van der Waals surface area contributed by atoms with Crippen LogP contribution in [0.4, 0.5) is 0 Å². The van der Waals surface area contributed by atoms with E-state index in [0.29, 0.717) is 18.8 Å². The molecule has 8 atom stereocenters. The van der Waals surface area contributed by atoms with E-state index in [1.807, 2.05) is 13.8 Å². The van der Waals surface area contributed by atoms with Crippen molar-refractivity contribution in [1.82, 2.24) is 0 Å². The predicted octanol–water partition coefficient (Wildman–Crippen LogP) is 4.29. The minimum absolute atomic E-state index is 0.0659. The second-order valence-electron chi connectivity index (χ2n) is 9.87. The Bertz CT molecular complexity index is 756. The number of hydrogen-bond acceptors (Lipinski definition) is 6. The Balaban J connectivity index is 2.18. The Morgan fingerprint density at radius 2 is 1.94 bits per heavy atom. The minimum atomic E-state index is -1.09.